The summed E-state index contributed by atoms with van der Waals surface area (Å²) in [4.78, 5) is 2.26. The largest absolute Gasteiger partial charge is 0.326 e. The van der Waals surface area contributed by atoms with Crippen molar-refractivity contribution in [2.45, 2.75) is 26.4 Å². The zero-order chi connectivity index (χ0) is 12.3. The second-order valence-electron chi connectivity index (χ2n) is 4.63. The van der Waals surface area contributed by atoms with Gasteiger partial charge in [-0.3, -0.25) is 4.90 Å². The van der Waals surface area contributed by atoms with Crippen LogP contribution < -0.4 is 5.73 Å². The van der Waals surface area contributed by atoms with Crippen LogP contribution in [-0.2, 0) is 13.1 Å². The summed E-state index contributed by atoms with van der Waals surface area (Å²) in [6.07, 6.45) is 3.30. The number of hydrogen-bond acceptors (Lipinski definition) is 2. The molecule has 0 amide bonds. The van der Waals surface area contributed by atoms with E-state index in [1.807, 2.05) is 12.1 Å². The molecule has 1 aromatic carbocycles. The van der Waals surface area contributed by atoms with Crippen molar-refractivity contribution in [1.29, 1.82) is 0 Å². The second kappa shape index (κ2) is 5.43. The monoisotopic (exact) mass is 234 g/mol. The number of halogens is 1. The summed E-state index contributed by atoms with van der Waals surface area (Å²) >= 11 is 0. The van der Waals surface area contributed by atoms with E-state index in [9.17, 15) is 4.39 Å². The van der Waals surface area contributed by atoms with Crippen LogP contribution in [0.1, 0.15) is 24.5 Å². The molecule has 1 aromatic rings. The fourth-order valence-electron chi connectivity index (χ4n) is 2.11. The van der Waals surface area contributed by atoms with Crippen molar-refractivity contribution in [2.75, 3.05) is 13.1 Å². The second-order valence-corrected chi connectivity index (χ2v) is 4.63. The molecule has 1 aliphatic heterocycles. The minimum absolute atomic E-state index is 0.138. The number of nitrogens with zero attached hydrogens (tertiary/aromatic N) is 1. The lowest BCUT2D eigenvalue weighted by atomic mass is 10.1. The van der Waals surface area contributed by atoms with Crippen LogP contribution in [0.25, 0.3) is 0 Å². The van der Waals surface area contributed by atoms with E-state index in [2.05, 4.69) is 17.9 Å². The Morgan fingerprint density at radius 2 is 2.12 bits per heavy atom. The van der Waals surface area contributed by atoms with E-state index in [-0.39, 0.29) is 12.4 Å². The first-order valence-corrected chi connectivity index (χ1v) is 6.05. The van der Waals surface area contributed by atoms with Crippen LogP contribution in [0.5, 0.6) is 0 Å². The van der Waals surface area contributed by atoms with E-state index in [4.69, 9.17) is 5.73 Å². The smallest absolute Gasteiger partial charge is 0.132 e. The number of nitrogens with two attached hydrogens (primary N) is 1. The Morgan fingerprint density at radius 3 is 2.76 bits per heavy atom. The van der Waals surface area contributed by atoms with Gasteiger partial charge in [-0.05, 0) is 13.3 Å². The highest BCUT2D eigenvalue weighted by Gasteiger charge is 2.13. The molecule has 0 saturated carbocycles. The molecule has 2 rings (SSSR count). The Hall–Kier alpha value is -1.19. The van der Waals surface area contributed by atoms with E-state index < -0.39 is 0 Å². The van der Waals surface area contributed by atoms with Gasteiger partial charge >= 0.3 is 0 Å². The highest BCUT2D eigenvalue weighted by atomic mass is 19.1. The average Bonchev–Trinajstić information content (AvgIpc) is 2.35. The van der Waals surface area contributed by atoms with Gasteiger partial charge in [-0.15, -0.1) is 0 Å². The Labute approximate surface area is 102 Å². The average molecular weight is 234 g/mol. The molecule has 0 radical (unpaired) electrons. The third kappa shape index (κ3) is 2.93. The first kappa shape index (κ1) is 12.3. The van der Waals surface area contributed by atoms with Crippen molar-refractivity contribution < 1.29 is 4.39 Å². The normalized spacial score (nSPS) is 17.0. The molecule has 1 heterocycles. The van der Waals surface area contributed by atoms with Crippen LogP contribution >= 0.6 is 0 Å². The van der Waals surface area contributed by atoms with Crippen molar-refractivity contribution in [3.8, 4) is 0 Å². The molecule has 0 fully saturated rings. The zero-order valence-electron chi connectivity index (χ0n) is 10.2. The topological polar surface area (TPSA) is 29.3 Å². The molecule has 1 aliphatic rings. The molecule has 0 aromatic heterocycles. The quantitative estimate of drug-likeness (QED) is 0.814. The molecular formula is C14H19FN2. The SMILES string of the molecule is CC1=CCN(Cc2cccc(CN)c2F)CC1. The summed E-state index contributed by atoms with van der Waals surface area (Å²) in [5.41, 5.74) is 8.29. The fourth-order valence-corrected chi connectivity index (χ4v) is 2.11. The predicted octanol–water partition coefficient (Wildman–Crippen LogP) is 2.44. The summed E-state index contributed by atoms with van der Waals surface area (Å²) in [5.74, 6) is -0.138. The van der Waals surface area contributed by atoms with Gasteiger partial charge in [0.15, 0.2) is 0 Å². The molecule has 0 unspecified atom stereocenters. The number of benzene rings is 1. The van der Waals surface area contributed by atoms with Gasteiger partial charge in [-0.25, -0.2) is 4.39 Å². The van der Waals surface area contributed by atoms with Gasteiger partial charge in [-0.2, -0.15) is 0 Å². The lowest BCUT2D eigenvalue weighted by Gasteiger charge is -2.25. The summed E-state index contributed by atoms with van der Waals surface area (Å²) < 4.78 is 14.0. The first-order valence-electron chi connectivity index (χ1n) is 6.05. The van der Waals surface area contributed by atoms with Gasteiger partial charge in [-0.1, -0.05) is 29.8 Å². The summed E-state index contributed by atoms with van der Waals surface area (Å²) in [5, 5.41) is 0. The Morgan fingerprint density at radius 1 is 1.35 bits per heavy atom. The third-order valence-electron chi connectivity index (χ3n) is 3.29. The van der Waals surface area contributed by atoms with Crippen LogP contribution in [-0.4, -0.2) is 18.0 Å². The molecule has 0 saturated heterocycles. The van der Waals surface area contributed by atoms with Crippen LogP contribution in [0.15, 0.2) is 29.8 Å². The number of rotatable bonds is 3. The zero-order valence-corrected chi connectivity index (χ0v) is 10.2. The molecule has 2 nitrogen and oxygen atoms in total. The van der Waals surface area contributed by atoms with Crippen LogP contribution in [0.4, 0.5) is 4.39 Å². The Bertz CT molecular complexity index is 426. The maximum atomic E-state index is 14.0. The molecule has 0 spiro atoms. The Kier molecular flexibility index (Phi) is 3.92. The van der Waals surface area contributed by atoms with Crippen LogP contribution in [0.3, 0.4) is 0 Å². The molecule has 2 N–H and O–H groups in total. The van der Waals surface area contributed by atoms with E-state index in [1.165, 1.54) is 5.57 Å². The maximum Gasteiger partial charge on any atom is 0.132 e. The lowest BCUT2D eigenvalue weighted by molar-refractivity contribution is 0.281. The standard InChI is InChI=1S/C14H19FN2/c1-11-5-7-17(8-6-11)10-13-4-2-3-12(9-16)14(13)15/h2-5H,6-10,16H2,1H3. The van der Waals surface area contributed by atoms with Gasteiger partial charge in [0, 0.05) is 37.3 Å². The van der Waals surface area contributed by atoms with Gasteiger partial charge < -0.3 is 5.73 Å². The van der Waals surface area contributed by atoms with Crippen molar-refractivity contribution in [3.05, 3.63) is 46.8 Å². The van der Waals surface area contributed by atoms with Gasteiger partial charge in [0.25, 0.3) is 0 Å². The lowest BCUT2D eigenvalue weighted by Crippen LogP contribution is -2.28. The van der Waals surface area contributed by atoms with E-state index in [1.54, 1.807) is 6.07 Å². The Balaban J connectivity index is 2.09. The molecule has 3 heteroatoms. The molecule has 17 heavy (non-hydrogen) atoms. The summed E-state index contributed by atoms with van der Waals surface area (Å²) in [6, 6.07) is 5.48. The van der Waals surface area contributed by atoms with E-state index in [0.29, 0.717) is 12.1 Å². The van der Waals surface area contributed by atoms with Gasteiger partial charge in [0.1, 0.15) is 5.82 Å². The number of hydrogen-bond donors (Lipinski definition) is 1. The van der Waals surface area contributed by atoms with Crippen LogP contribution in [0.2, 0.25) is 0 Å². The molecule has 92 valence electrons. The minimum atomic E-state index is -0.138. The molecule has 0 atom stereocenters. The highest BCUT2D eigenvalue weighted by Crippen LogP contribution is 2.17. The maximum absolute atomic E-state index is 14.0. The third-order valence-corrected chi connectivity index (χ3v) is 3.29. The van der Waals surface area contributed by atoms with E-state index >= 15 is 0 Å². The fraction of sp³-hybridized carbons (Fsp3) is 0.429. The first-order chi connectivity index (χ1) is 8.20. The van der Waals surface area contributed by atoms with E-state index in [0.717, 1.165) is 25.1 Å². The van der Waals surface area contributed by atoms with Crippen molar-refractivity contribution in [2.24, 2.45) is 5.73 Å². The minimum Gasteiger partial charge on any atom is -0.326 e. The molecular weight excluding hydrogens is 215 g/mol. The van der Waals surface area contributed by atoms with Gasteiger partial charge in [0.2, 0.25) is 0 Å². The predicted molar refractivity (Wildman–Crippen MR) is 67.9 cm³/mol. The molecule has 0 aliphatic carbocycles. The van der Waals surface area contributed by atoms with Crippen LogP contribution in [0, 0.1) is 5.82 Å². The van der Waals surface area contributed by atoms with Crippen molar-refractivity contribution >= 4 is 0 Å². The van der Waals surface area contributed by atoms with Crippen molar-refractivity contribution in [3.63, 3.8) is 0 Å². The molecule has 0 bridgehead atoms. The summed E-state index contributed by atoms with van der Waals surface area (Å²) in [6.45, 7) is 5.00. The van der Waals surface area contributed by atoms with Gasteiger partial charge in [0.05, 0.1) is 0 Å². The van der Waals surface area contributed by atoms with Crippen molar-refractivity contribution in [1.82, 2.24) is 4.90 Å². The highest BCUT2D eigenvalue weighted by molar-refractivity contribution is 5.26. The summed E-state index contributed by atoms with van der Waals surface area (Å²) in [7, 11) is 0.